The Morgan fingerprint density at radius 2 is 2.23 bits per heavy atom. The average molecular weight is 250 g/mol. The Labute approximate surface area is 81.3 Å². The number of aliphatic hydroxyl groups is 1. The van der Waals surface area contributed by atoms with Gasteiger partial charge in [-0.1, -0.05) is 0 Å². The van der Waals surface area contributed by atoms with Crippen molar-refractivity contribution in [2.75, 3.05) is 0 Å². The normalized spacial score (nSPS) is 10.1. The molecule has 0 unspecified atom stereocenters. The highest BCUT2D eigenvalue weighted by molar-refractivity contribution is 9.10. The Morgan fingerprint density at radius 3 is 2.69 bits per heavy atom. The molecule has 70 valence electrons. The van der Waals surface area contributed by atoms with E-state index in [0.29, 0.717) is 0 Å². The van der Waals surface area contributed by atoms with Crippen molar-refractivity contribution in [1.29, 1.82) is 0 Å². The largest absolute Gasteiger partial charge is 0.392 e. The summed E-state index contributed by atoms with van der Waals surface area (Å²) in [5.74, 6) is -0.737. The van der Waals surface area contributed by atoms with Gasteiger partial charge < -0.3 is 5.11 Å². The van der Waals surface area contributed by atoms with Gasteiger partial charge in [0.15, 0.2) is 0 Å². The maximum Gasteiger partial charge on any atom is 0.286 e. The summed E-state index contributed by atoms with van der Waals surface area (Å²) in [6.45, 7) is -0.445. The van der Waals surface area contributed by atoms with Crippen LogP contribution in [0.1, 0.15) is 5.56 Å². The summed E-state index contributed by atoms with van der Waals surface area (Å²) in [4.78, 5) is 9.65. The molecule has 1 aromatic rings. The molecule has 13 heavy (non-hydrogen) atoms. The van der Waals surface area contributed by atoms with E-state index in [2.05, 4.69) is 15.9 Å². The van der Waals surface area contributed by atoms with Crippen molar-refractivity contribution < 1.29 is 14.4 Å². The predicted octanol–water partition coefficient (Wildman–Crippen LogP) is 1.99. The summed E-state index contributed by atoms with van der Waals surface area (Å²) in [7, 11) is 0. The first-order chi connectivity index (χ1) is 6.06. The van der Waals surface area contributed by atoms with Crippen molar-refractivity contribution in [3.63, 3.8) is 0 Å². The quantitative estimate of drug-likeness (QED) is 0.644. The number of hydrogen-bond acceptors (Lipinski definition) is 3. The maximum atomic E-state index is 12.7. The van der Waals surface area contributed by atoms with Crippen LogP contribution in [0.4, 0.5) is 10.1 Å². The minimum Gasteiger partial charge on any atom is -0.392 e. The molecule has 1 rings (SSSR count). The molecule has 1 N–H and O–H groups in total. The van der Waals surface area contributed by atoms with Crippen LogP contribution in [0.3, 0.4) is 0 Å². The van der Waals surface area contributed by atoms with Gasteiger partial charge in [0.25, 0.3) is 5.69 Å². The number of nitrogens with zero attached hydrogens (tertiary/aromatic N) is 1. The van der Waals surface area contributed by atoms with Crippen LogP contribution < -0.4 is 0 Å². The first-order valence-electron chi connectivity index (χ1n) is 3.29. The number of halogens is 2. The molecule has 0 aromatic heterocycles. The van der Waals surface area contributed by atoms with Gasteiger partial charge in [0.1, 0.15) is 10.3 Å². The number of aliphatic hydroxyl groups excluding tert-OH is 1. The van der Waals surface area contributed by atoms with E-state index in [9.17, 15) is 14.5 Å². The molecule has 0 bridgehead atoms. The lowest BCUT2D eigenvalue weighted by molar-refractivity contribution is -0.385. The second-order valence-electron chi connectivity index (χ2n) is 2.31. The molecule has 0 fully saturated rings. The predicted molar refractivity (Wildman–Crippen MR) is 46.7 cm³/mol. The molecule has 4 nitrogen and oxygen atoms in total. The van der Waals surface area contributed by atoms with E-state index in [4.69, 9.17) is 5.11 Å². The summed E-state index contributed by atoms with van der Waals surface area (Å²) in [6, 6.07) is 1.83. The van der Waals surface area contributed by atoms with E-state index in [1.807, 2.05) is 0 Å². The van der Waals surface area contributed by atoms with Crippen LogP contribution in [0.5, 0.6) is 0 Å². The third-order valence-corrected chi connectivity index (χ3v) is 2.38. The Balaban J connectivity index is 3.35. The summed E-state index contributed by atoms with van der Waals surface area (Å²) in [5, 5.41) is 19.1. The third-order valence-electron chi connectivity index (χ3n) is 1.46. The van der Waals surface area contributed by atoms with E-state index < -0.39 is 17.3 Å². The first-order valence-corrected chi connectivity index (χ1v) is 4.08. The first kappa shape index (κ1) is 10.1. The van der Waals surface area contributed by atoms with Gasteiger partial charge in [0, 0.05) is 5.56 Å². The molecule has 0 aliphatic heterocycles. The molecular weight excluding hydrogens is 245 g/mol. The van der Waals surface area contributed by atoms with Crippen molar-refractivity contribution in [2.24, 2.45) is 0 Å². The standard InChI is InChI=1S/C7H5BrFNO3/c8-7-4(3-11)1-5(9)2-6(7)10(12)13/h1-2,11H,3H2. The molecule has 0 amide bonds. The highest BCUT2D eigenvalue weighted by Gasteiger charge is 2.16. The highest BCUT2D eigenvalue weighted by atomic mass is 79.9. The van der Waals surface area contributed by atoms with E-state index in [0.717, 1.165) is 12.1 Å². The van der Waals surface area contributed by atoms with Crippen LogP contribution in [0.25, 0.3) is 0 Å². The maximum absolute atomic E-state index is 12.7. The van der Waals surface area contributed by atoms with Crippen LogP contribution in [0.15, 0.2) is 16.6 Å². The van der Waals surface area contributed by atoms with Crippen LogP contribution in [0, 0.1) is 15.9 Å². The van der Waals surface area contributed by atoms with Crippen LogP contribution in [-0.4, -0.2) is 10.0 Å². The van der Waals surface area contributed by atoms with Gasteiger partial charge in [0.2, 0.25) is 0 Å². The SMILES string of the molecule is O=[N+]([O-])c1cc(F)cc(CO)c1Br. The van der Waals surface area contributed by atoms with Gasteiger partial charge in [0.05, 0.1) is 17.6 Å². The van der Waals surface area contributed by atoms with Crippen molar-refractivity contribution in [1.82, 2.24) is 0 Å². The Hall–Kier alpha value is -1.01. The molecule has 0 saturated heterocycles. The lowest BCUT2D eigenvalue weighted by Gasteiger charge is -2.01. The van der Waals surface area contributed by atoms with Crippen molar-refractivity contribution in [3.05, 3.63) is 38.1 Å². The third kappa shape index (κ3) is 2.02. The monoisotopic (exact) mass is 249 g/mol. The smallest absolute Gasteiger partial charge is 0.286 e. The fourth-order valence-corrected chi connectivity index (χ4v) is 1.38. The zero-order valence-corrected chi connectivity index (χ0v) is 7.91. The summed E-state index contributed by atoms with van der Waals surface area (Å²) in [5.41, 5.74) is -0.226. The minimum atomic E-state index is -0.737. The van der Waals surface area contributed by atoms with Gasteiger partial charge in [-0.2, -0.15) is 0 Å². The molecule has 0 heterocycles. The molecule has 0 aliphatic rings. The molecule has 0 atom stereocenters. The van der Waals surface area contributed by atoms with E-state index in [1.54, 1.807) is 0 Å². The Kier molecular flexibility index (Phi) is 2.94. The molecule has 0 spiro atoms. The zero-order chi connectivity index (χ0) is 10.0. The van der Waals surface area contributed by atoms with Crippen LogP contribution in [-0.2, 0) is 6.61 Å². The van der Waals surface area contributed by atoms with E-state index >= 15 is 0 Å². The number of nitro groups is 1. The van der Waals surface area contributed by atoms with Crippen molar-refractivity contribution in [3.8, 4) is 0 Å². The fourth-order valence-electron chi connectivity index (χ4n) is 0.878. The second-order valence-corrected chi connectivity index (χ2v) is 3.11. The fraction of sp³-hybridized carbons (Fsp3) is 0.143. The van der Waals surface area contributed by atoms with Gasteiger partial charge in [-0.3, -0.25) is 10.1 Å². The van der Waals surface area contributed by atoms with Gasteiger partial charge >= 0.3 is 0 Å². The Bertz CT molecular complexity index is 356. The van der Waals surface area contributed by atoms with Crippen molar-refractivity contribution >= 4 is 21.6 Å². The summed E-state index contributed by atoms with van der Waals surface area (Å²) in [6.07, 6.45) is 0. The highest BCUT2D eigenvalue weighted by Crippen LogP contribution is 2.29. The number of benzene rings is 1. The van der Waals surface area contributed by atoms with Gasteiger partial charge in [-0.25, -0.2) is 4.39 Å². The average Bonchev–Trinajstić information content (AvgIpc) is 2.08. The summed E-state index contributed by atoms with van der Waals surface area (Å²) >= 11 is 2.91. The van der Waals surface area contributed by atoms with Crippen molar-refractivity contribution in [2.45, 2.75) is 6.61 Å². The van der Waals surface area contributed by atoms with Gasteiger partial charge in [-0.15, -0.1) is 0 Å². The second kappa shape index (κ2) is 3.80. The zero-order valence-electron chi connectivity index (χ0n) is 6.33. The van der Waals surface area contributed by atoms with E-state index in [1.165, 1.54) is 0 Å². The van der Waals surface area contributed by atoms with E-state index in [-0.39, 0.29) is 15.7 Å². The Morgan fingerprint density at radius 1 is 1.62 bits per heavy atom. The summed E-state index contributed by atoms with van der Waals surface area (Å²) < 4.78 is 12.8. The lowest BCUT2D eigenvalue weighted by atomic mass is 10.2. The molecule has 0 radical (unpaired) electrons. The molecule has 1 aromatic carbocycles. The minimum absolute atomic E-state index is 0.112. The molecule has 0 aliphatic carbocycles. The van der Waals surface area contributed by atoms with Crippen LogP contribution in [0.2, 0.25) is 0 Å². The molecular formula is C7H5BrFNO3. The topological polar surface area (TPSA) is 63.4 Å². The molecule has 6 heteroatoms. The number of nitro benzene ring substituents is 1. The number of rotatable bonds is 2. The van der Waals surface area contributed by atoms with Gasteiger partial charge in [-0.05, 0) is 22.0 Å². The lowest BCUT2D eigenvalue weighted by Crippen LogP contribution is -1.95. The number of hydrogen-bond donors (Lipinski definition) is 1. The molecule has 0 saturated carbocycles. The van der Waals surface area contributed by atoms with Crippen LogP contribution >= 0.6 is 15.9 Å².